The minimum absolute atomic E-state index is 0.0733. The minimum Gasteiger partial charge on any atom is -0.293 e. The topological polar surface area (TPSA) is 80.6 Å². The third-order valence-electron chi connectivity index (χ3n) is 3.12. The number of nitrogens with one attached hydrogen (secondary N) is 1. The number of aryl methyl sites for hydroxylation is 1. The van der Waals surface area contributed by atoms with Crippen LogP contribution >= 0.6 is 0 Å². The lowest BCUT2D eigenvalue weighted by molar-refractivity contribution is 0.103. The van der Waals surface area contributed by atoms with E-state index in [4.69, 9.17) is 0 Å². The molecule has 21 heavy (non-hydrogen) atoms. The van der Waals surface area contributed by atoms with Crippen LogP contribution in [0, 0.1) is 0 Å². The summed E-state index contributed by atoms with van der Waals surface area (Å²) >= 11 is 0. The first-order valence-corrected chi connectivity index (χ1v) is 6.33. The molecule has 3 rings (SSSR count). The molecule has 0 aromatic carbocycles. The Morgan fingerprint density at radius 3 is 2.71 bits per heavy atom. The molecule has 3 aromatic rings. The summed E-state index contributed by atoms with van der Waals surface area (Å²) in [4.78, 5) is 32.9. The maximum atomic E-state index is 12.6. The van der Waals surface area contributed by atoms with Crippen LogP contribution in [0.15, 0.2) is 53.7 Å². The Bertz CT molecular complexity index is 835. The van der Waals surface area contributed by atoms with E-state index in [2.05, 4.69) is 15.1 Å². The quantitative estimate of drug-likeness (QED) is 0.735. The number of ketones is 1. The van der Waals surface area contributed by atoms with Crippen molar-refractivity contribution in [1.82, 2.24) is 19.7 Å². The Labute approximate surface area is 120 Å². The Morgan fingerprint density at radius 1 is 1.19 bits per heavy atom. The molecule has 0 saturated heterocycles. The SMILES string of the molecule is Cn1[nH]c(-c2ccccn2)c(C(=O)c2cccnc2)c1=O. The largest absolute Gasteiger partial charge is 0.293 e. The molecule has 3 aromatic heterocycles. The predicted molar refractivity (Wildman–Crippen MR) is 76.9 cm³/mol. The average molecular weight is 280 g/mol. The van der Waals surface area contributed by atoms with Gasteiger partial charge in [0.2, 0.25) is 5.78 Å². The van der Waals surface area contributed by atoms with Gasteiger partial charge in [0.05, 0.1) is 11.4 Å². The van der Waals surface area contributed by atoms with Gasteiger partial charge in [-0.05, 0) is 24.3 Å². The van der Waals surface area contributed by atoms with E-state index in [1.54, 1.807) is 49.8 Å². The molecule has 0 radical (unpaired) electrons. The second-order valence-corrected chi connectivity index (χ2v) is 4.51. The standard InChI is InChI=1S/C15H12N4O2/c1-19-15(21)12(14(20)10-5-4-7-16-9-10)13(18-19)11-6-2-3-8-17-11/h2-9,18H,1H3. The number of carbonyl (C=O) groups excluding carboxylic acids is 1. The number of aromatic nitrogens is 4. The van der Waals surface area contributed by atoms with E-state index in [-0.39, 0.29) is 16.9 Å². The highest BCUT2D eigenvalue weighted by molar-refractivity contribution is 6.11. The van der Waals surface area contributed by atoms with Crippen LogP contribution in [0.2, 0.25) is 0 Å². The van der Waals surface area contributed by atoms with Crippen LogP contribution < -0.4 is 5.56 Å². The molecule has 0 amide bonds. The van der Waals surface area contributed by atoms with Crippen LogP contribution in [0.5, 0.6) is 0 Å². The van der Waals surface area contributed by atoms with Gasteiger partial charge < -0.3 is 0 Å². The zero-order chi connectivity index (χ0) is 14.8. The van der Waals surface area contributed by atoms with Crippen molar-refractivity contribution in [2.45, 2.75) is 0 Å². The molecule has 1 N–H and O–H groups in total. The molecule has 0 aliphatic carbocycles. The number of carbonyl (C=O) groups is 1. The number of nitrogens with zero attached hydrogens (tertiary/aromatic N) is 3. The van der Waals surface area contributed by atoms with E-state index in [0.29, 0.717) is 17.0 Å². The van der Waals surface area contributed by atoms with Gasteiger partial charge in [0.25, 0.3) is 5.56 Å². The van der Waals surface area contributed by atoms with Gasteiger partial charge in [0, 0.05) is 31.2 Å². The molecule has 6 heteroatoms. The highest BCUT2D eigenvalue weighted by Gasteiger charge is 2.23. The fourth-order valence-corrected chi connectivity index (χ4v) is 2.10. The van der Waals surface area contributed by atoms with E-state index < -0.39 is 0 Å². The second-order valence-electron chi connectivity index (χ2n) is 4.51. The summed E-state index contributed by atoms with van der Waals surface area (Å²) in [5.41, 5.74) is 1.01. The third-order valence-corrected chi connectivity index (χ3v) is 3.12. The molecular formula is C15H12N4O2. The molecule has 3 heterocycles. The molecule has 0 unspecified atom stereocenters. The summed E-state index contributed by atoms with van der Waals surface area (Å²) < 4.78 is 1.27. The summed E-state index contributed by atoms with van der Waals surface area (Å²) in [6, 6.07) is 8.60. The van der Waals surface area contributed by atoms with E-state index in [1.807, 2.05) is 0 Å². The van der Waals surface area contributed by atoms with Gasteiger partial charge >= 0.3 is 0 Å². The molecule has 104 valence electrons. The highest BCUT2D eigenvalue weighted by atomic mass is 16.2. The molecular weight excluding hydrogens is 268 g/mol. The molecule has 0 fully saturated rings. The molecule has 0 saturated carbocycles. The summed E-state index contributed by atoms with van der Waals surface area (Å²) in [5.74, 6) is -0.370. The van der Waals surface area contributed by atoms with E-state index in [1.165, 1.54) is 10.9 Å². The van der Waals surface area contributed by atoms with Crippen molar-refractivity contribution in [3.63, 3.8) is 0 Å². The van der Waals surface area contributed by atoms with Gasteiger partial charge in [-0.3, -0.25) is 29.3 Å². The van der Waals surface area contributed by atoms with Crippen LogP contribution in [0.25, 0.3) is 11.4 Å². The number of hydrogen-bond acceptors (Lipinski definition) is 4. The normalized spacial score (nSPS) is 10.5. The van der Waals surface area contributed by atoms with E-state index in [9.17, 15) is 9.59 Å². The zero-order valence-corrected chi connectivity index (χ0v) is 11.3. The monoisotopic (exact) mass is 280 g/mol. The van der Waals surface area contributed by atoms with Crippen LogP contribution in [0.1, 0.15) is 15.9 Å². The molecule has 6 nitrogen and oxygen atoms in total. The zero-order valence-electron chi connectivity index (χ0n) is 11.3. The van der Waals surface area contributed by atoms with Crippen molar-refractivity contribution in [2.24, 2.45) is 7.05 Å². The first-order valence-electron chi connectivity index (χ1n) is 6.33. The van der Waals surface area contributed by atoms with Crippen LogP contribution in [-0.4, -0.2) is 25.5 Å². The van der Waals surface area contributed by atoms with E-state index in [0.717, 1.165) is 0 Å². The van der Waals surface area contributed by atoms with Crippen molar-refractivity contribution >= 4 is 5.78 Å². The maximum Gasteiger partial charge on any atom is 0.278 e. The van der Waals surface area contributed by atoms with Crippen LogP contribution in [0.4, 0.5) is 0 Å². The van der Waals surface area contributed by atoms with Gasteiger partial charge in [-0.1, -0.05) is 6.07 Å². The smallest absolute Gasteiger partial charge is 0.278 e. The molecule has 0 bridgehead atoms. The van der Waals surface area contributed by atoms with Crippen molar-refractivity contribution in [2.75, 3.05) is 0 Å². The highest BCUT2D eigenvalue weighted by Crippen LogP contribution is 2.19. The number of H-pyrrole nitrogens is 1. The lowest BCUT2D eigenvalue weighted by Crippen LogP contribution is -2.19. The maximum absolute atomic E-state index is 12.6. The van der Waals surface area contributed by atoms with Crippen LogP contribution in [0.3, 0.4) is 0 Å². The molecule has 0 spiro atoms. The summed E-state index contributed by atoms with van der Waals surface area (Å²) in [6.45, 7) is 0. The third kappa shape index (κ3) is 2.27. The number of hydrogen-bond donors (Lipinski definition) is 1. The van der Waals surface area contributed by atoms with Crippen molar-refractivity contribution in [1.29, 1.82) is 0 Å². The second kappa shape index (κ2) is 5.16. The molecule has 0 atom stereocenters. The van der Waals surface area contributed by atoms with Gasteiger partial charge in [0.15, 0.2) is 0 Å². The molecule has 0 aliphatic heterocycles. The van der Waals surface area contributed by atoms with E-state index >= 15 is 0 Å². The molecule has 0 aliphatic rings. The Hall–Kier alpha value is -3.02. The van der Waals surface area contributed by atoms with Gasteiger partial charge in [-0.25, -0.2) is 0 Å². The summed E-state index contributed by atoms with van der Waals surface area (Å²) in [7, 11) is 1.56. The van der Waals surface area contributed by atoms with Gasteiger partial charge in [-0.2, -0.15) is 0 Å². The van der Waals surface area contributed by atoms with Gasteiger partial charge in [0.1, 0.15) is 5.56 Å². The lowest BCUT2D eigenvalue weighted by atomic mass is 10.0. The minimum atomic E-state index is -0.385. The summed E-state index contributed by atoms with van der Waals surface area (Å²) in [5, 5.41) is 2.88. The Balaban J connectivity index is 2.19. The van der Waals surface area contributed by atoms with Gasteiger partial charge in [-0.15, -0.1) is 0 Å². The number of aromatic amines is 1. The fourth-order valence-electron chi connectivity index (χ4n) is 2.10. The number of rotatable bonds is 3. The lowest BCUT2D eigenvalue weighted by Gasteiger charge is -2.01. The fraction of sp³-hybridized carbons (Fsp3) is 0.0667. The van der Waals surface area contributed by atoms with Crippen molar-refractivity contribution in [3.8, 4) is 11.4 Å². The summed E-state index contributed by atoms with van der Waals surface area (Å²) in [6.07, 6.45) is 4.63. The van der Waals surface area contributed by atoms with Crippen LogP contribution in [-0.2, 0) is 7.05 Å². The van der Waals surface area contributed by atoms with Crippen molar-refractivity contribution < 1.29 is 4.79 Å². The first-order chi connectivity index (χ1) is 10.2. The average Bonchev–Trinajstić information content (AvgIpc) is 2.84. The van der Waals surface area contributed by atoms with Crippen molar-refractivity contribution in [3.05, 3.63) is 70.4 Å². The Kier molecular flexibility index (Phi) is 3.19. The number of pyridine rings is 2. The Morgan fingerprint density at radius 2 is 2.05 bits per heavy atom. The first kappa shape index (κ1) is 13.0. The predicted octanol–water partition coefficient (Wildman–Crippen LogP) is 1.40.